The van der Waals surface area contributed by atoms with Crippen molar-refractivity contribution in [1.29, 1.82) is 0 Å². The Labute approximate surface area is 124 Å². The molecular formula is C15H20N2O2S. The summed E-state index contributed by atoms with van der Waals surface area (Å²) in [4.78, 5) is 14.4. The summed E-state index contributed by atoms with van der Waals surface area (Å²) in [5.74, 6) is 0.0234. The fraction of sp³-hybridized carbons (Fsp3) is 0.467. The first kappa shape index (κ1) is 14.9. The Morgan fingerprint density at radius 3 is 2.60 bits per heavy atom. The van der Waals surface area contributed by atoms with Gasteiger partial charge in [-0.15, -0.1) is 0 Å². The van der Waals surface area contributed by atoms with Crippen LogP contribution in [0.2, 0.25) is 0 Å². The fourth-order valence-electron chi connectivity index (χ4n) is 2.53. The highest BCUT2D eigenvalue weighted by molar-refractivity contribution is 7.80. The number of hydrogen-bond donors (Lipinski definition) is 1. The summed E-state index contributed by atoms with van der Waals surface area (Å²) in [7, 11) is 3.43. The number of anilines is 1. The summed E-state index contributed by atoms with van der Waals surface area (Å²) in [5.41, 5.74) is 6.90. The molecule has 20 heavy (non-hydrogen) atoms. The summed E-state index contributed by atoms with van der Waals surface area (Å²) in [6.07, 6.45) is 3.40. The van der Waals surface area contributed by atoms with Crippen molar-refractivity contribution in [2.75, 3.05) is 19.1 Å². The minimum absolute atomic E-state index is 0.0234. The van der Waals surface area contributed by atoms with Crippen molar-refractivity contribution in [2.45, 2.75) is 31.3 Å². The predicted octanol–water partition coefficient (Wildman–Crippen LogP) is 2.24. The molecule has 0 radical (unpaired) electrons. The molecule has 1 aliphatic carbocycles. The van der Waals surface area contributed by atoms with Gasteiger partial charge in [0, 0.05) is 19.7 Å². The second-order valence-electron chi connectivity index (χ2n) is 5.25. The highest BCUT2D eigenvalue weighted by Gasteiger charge is 2.39. The lowest BCUT2D eigenvalue weighted by Crippen LogP contribution is -2.44. The highest BCUT2D eigenvalue weighted by atomic mass is 32.1. The molecular weight excluding hydrogens is 272 g/mol. The van der Waals surface area contributed by atoms with Crippen molar-refractivity contribution in [1.82, 2.24) is 0 Å². The summed E-state index contributed by atoms with van der Waals surface area (Å²) >= 11 is 5.04. The van der Waals surface area contributed by atoms with Crippen molar-refractivity contribution in [3.63, 3.8) is 0 Å². The smallest absolute Gasteiger partial charge is 0.229 e. The van der Waals surface area contributed by atoms with Crippen LogP contribution in [0.4, 0.5) is 5.69 Å². The van der Waals surface area contributed by atoms with Crippen LogP contribution in [0.15, 0.2) is 24.3 Å². The van der Waals surface area contributed by atoms with E-state index in [-0.39, 0.29) is 11.5 Å². The number of para-hydroxylation sites is 1. The Morgan fingerprint density at radius 2 is 2.10 bits per heavy atom. The summed E-state index contributed by atoms with van der Waals surface area (Å²) in [6, 6.07) is 7.42. The fourth-order valence-corrected chi connectivity index (χ4v) is 2.70. The Hall–Kier alpha value is -1.46. The van der Waals surface area contributed by atoms with Crippen LogP contribution in [-0.4, -0.2) is 30.7 Å². The molecule has 5 heteroatoms. The minimum Gasteiger partial charge on any atom is -0.389 e. The molecule has 0 aromatic heterocycles. The van der Waals surface area contributed by atoms with E-state index in [2.05, 4.69) is 0 Å². The Bertz CT molecular complexity index is 521. The van der Waals surface area contributed by atoms with Crippen molar-refractivity contribution in [2.24, 2.45) is 5.73 Å². The van der Waals surface area contributed by atoms with E-state index in [1.54, 1.807) is 19.1 Å². The van der Waals surface area contributed by atoms with Crippen LogP contribution < -0.4 is 10.6 Å². The number of carbonyl (C=O) groups excluding carboxylic acids is 1. The normalized spacial score (nSPS) is 16.3. The number of hydrogen-bond acceptors (Lipinski definition) is 3. The maximum atomic E-state index is 12.4. The molecule has 1 saturated carbocycles. The first-order chi connectivity index (χ1) is 9.49. The van der Waals surface area contributed by atoms with Crippen molar-refractivity contribution in [3.8, 4) is 0 Å². The topological polar surface area (TPSA) is 55.6 Å². The number of nitrogens with zero attached hydrogens (tertiary/aromatic N) is 1. The van der Waals surface area contributed by atoms with Crippen LogP contribution in [0.25, 0.3) is 0 Å². The van der Waals surface area contributed by atoms with E-state index >= 15 is 0 Å². The van der Waals surface area contributed by atoms with Crippen LogP contribution in [-0.2, 0) is 9.53 Å². The van der Waals surface area contributed by atoms with Crippen LogP contribution in [0.1, 0.15) is 31.2 Å². The Morgan fingerprint density at radius 1 is 1.45 bits per heavy atom. The van der Waals surface area contributed by atoms with Gasteiger partial charge in [-0.25, -0.2) is 0 Å². The maximum absolute atomic E-state index is 12.4. The van der Waals surface area contributed by atoms with E-state index in [0.29, 0.717) is 11.4 Å². The zero-order valence-corrected chi connectivity index (χ0v) is 12.7. The van der Waals surface area contributed by atoms with Gasteiger partial charge in [-0.05, 0) is 31.4 Å². The molecule has 0 bridgehead atoms. The van der Waals surface area contributed by atoms with Crippen LogP contribution in [0, 0.1) is 0 Å². The number of carbonyl (C=O) groups is 1. The van der Waals surface area contributed by atoms with Crippen LogP contribution in [0.5, 0.6) is 0 Å². The van der Waals surface area contributed by atoms with Gasteiger partial charge in [0.25, 0.3) is 0 Å². The molecule has 0 heterocycles. The standard InChI is InChI=1S/C15H20N2O2S/c1-17(12-7-4-3-6-11(12)14(16)20)13(18)10-15(19-2)8-5-9-15/h3-4,6-7H,5,8-10H2,1-2H3,(H2,16,20). The van der Waals surface area contributed by atoms with Gasteiger partial charge >= 0.3 is 0 Å². The molecule has 0 unspecified atom stereocenters. The molecule has 1 amide bonds. The number of thiocarbonyl (C=S) groups is 1. The van der Waals surface area contributed by atoms with E-state index in [1.807, 2.05) is 24.3 Å². The molecule has 4 nitrogen and oxygen atoms in total. The number of ether oxygens (including phenoxy) is 1. The van der Waals surface area contributed by atoms with Gasteiger partial charge in [0.05, 0.1) is 17.7 Å². The lowest BCUT2D eigenvalue weighted by Gasteiger charge is -2.40. The monoisotopic (exact) mass is 292 g/mol. The third-order valence-electron chi connectivity index (χ3n) is 4.08. The molecule has 1 fully saturated rings. The van der Waals surface area contributed by atoms with Gasteiger partial charge in [0.2, 0.25) is 5.91 Å². The third-order valence-corrected chi connectivity index (χ3v) is 4.30. The Balaban J connectivity index is 2.17. The van der Waals surface area contributed by atoms with Crippen molar-refractivity contribution >= 4 is 28.8 Å². The largest absolute Gasteiger partial charge is 0.389 e. The van der Waals surface area contributed by atoms with Crippen LogP contribution >= 0.6 is 12.2 Å². The zero-order valence-electron chi connectivity index (χ0n) is 11.9. The van der Waals surface area contributed by atoms with Gasteiger partial charge in [-0.3, -0.25) is 4.79 Å². The zero-order chi connectivity index (χ0) is 14.8. The summed E-state index contributed by atoms with van der Waals surface area (Å²) < 4.78 is 5.51. The van der Waals surface area contributed by atoms with Gasteiger partial charge in [0.15, 0.2) is 0 Å². The molecule has 0 atom stereocenters. The van der Waals surface area contributed by atoms with Crippen LogP contribution in [0.3, 0.4) is 0 Å². The van der Waals surface area contributed by atoms with Gasteiger partial charge in [-0.1, -0.05) is 24.4 Å². The van der Waals surface area contributed by atoms with Gasteiger partial charge in [0.1, 0.15) is 4.99 Å². The molecule has 2 N–H and O–H groups in total. The second-order valence-corrected chi connectivity index (χ2v) is 5.69. The average molecular weight is 292 g/mol. The number of nitrogens with two attached hydrogens (primary N) is 1. The maximum Gasteiger partial charge on any atom is 0.229 e. The van der Waals surface area contributed by atoms with Crippen molar-refractivity contribution in [3.05, 3.63) is 29.8 Å². The lowest BCUT2D eigenvalue weighted by atomic mass is 9.77. The molecule has 1 aromatic carbocycles. The third kappa shape index (κ3) is 2.83. The molecule has 2 rings (SSSR count). The number of benzene rings is 1. The minimum atomic E-state index is -0.274. The second kappa shape index (κ2) is 5.89. The first-order valence-corrected chi connectivity index (χ1v) is 7.10. The number of rotatable bonds is 5. The molecule has 1 aromatic rings. The Kier molecular flexibility index (Phi) is 4.40. The molecule has 0 spiro atoms. The van der Waals surface area contributed by atoms with E-state index in [1.165, 1.54) is 0 Å². The van der Waals surface area contributed by atoms with Crippen molar-refractivity contribution < 1.29 is 9.53 Å². The van der Waals surface area contributed by atoms with Gasteiger partial charge in [-0.2, -0.15) is 0 Å². The highest BCUT2D eigenvalue weighted by Crippen LogP contribution is 2.38. The quantitative estimate of drug-likeness (QED) is 0.846. The number of methoxy groups -OCH3 is 1. The molecule has 1 aliphatic rings. The SMILES string of the molecule is COC1(CC(=O)N(C)c2ccccc2C(N)=S)CCC1. The summed E-state index contributed by atoms with van der Waals surface area (Å²) in [6.45, 7) is 0. The van der Waals surface area contributed by atoms with E-state index in [9.17, 15) is 4.79 Å². The average Bonchev–Trinajstić information content (AvgIpc) is 2.41. The van der Waals surface area contributed by atoms with E-state index in [4.69, 9.17) is 22.7 Å². The molecule has 108 valence electrons. The summed E-state index contributed by atoms with van der Waals surface area (Å²) in [5, 5.41) is 0. The van der Waals surface area contributed by atoms with Gasteiger partial charge < -0.3 is 15.4 Å². The number of amides is 1. The first-order valence-electron chi connectivity index (χ1n) is 6.70. The molecule has 0 aliphatic heterocycles. The predicted molar refractivity (Wildman–Crippen MR) is 83.9 cm³/mol. The molecule has 0 saturated heterocycles. The van der Waals surface area contributed by atoms with E-state index in [0.717, 1.165) is 30.5 Å². The van der Waals surface area contributed by atoms with E-state index < -0.39 is 0 Å². The lowest BCUT2D eigenvalue weighted by molar-refractivity contribution is -0.131.